The number of benzene rings is 6. The summed E-state index contributed by atoms with van der Waals surface area (Å²) >= 11 is 0. The van der Waals surface area contributed by atoms with Crippen LogP contribution in [-0.2, 0) is 69.7 Å². The summed E-state index contributed by atoms with van der Waals surface area (Å²) in [5, 5.41) is 30.7. The molecule has 36 heteroatoms. The van der Waals surface area contributed by atoms with Gasteiger partial charge in [-0.25, -0.2) is 0 Å². The Hall–Kier alpha value is -10.7. The maximum Gasteiger partial charge on any atom is 0.296 e. The molecule has 6 heterocycles. The second-order valence-electron chi connectivity index (χ2n) is 30.6. The van der Waals surface area contributed by atoms with Crippen molar-refractivity contribution in [2.75, 3.05) is 168 Å². The van der Waals surface area contributed by atoms with Gasteiger partial charge in [0.1, 0.15) is 53.1 Å². The third-order valence-corrected chi connectivity index (χ3v) is 22.0. The Bertz CT molecular complexity index is 4560. The molecule has 6 aromatic rings. The summed E-state index contributed by atoms with van der Waals surface area (Å²) in [6.07, 6.45) is 7.10. The van der Waals surface area contributed by atoms with Gasteiger partial charge in [0.15, 0.2) is 30.8 Å². The molecule has 36 nitrogen and oxygen atoms in total. The number of hydrogen-bond donors (Lipinski definition) is 8. The Balaban J connectivity index is 0.000000242. The first-order chi connectivity index (χ1) is 60.1. The zero-order chi connectivity index (χ0) is 88.0. The van der Waals surface area contributed by atoms with Gasteiger partial charge >= 0.3 is 0 Å². The molecule has 14 N–H and O–H groups in total. The molecule has 12 atom stereocenters. The van der Waals surface area contributed by atoms with Crippen molar-refractivity contribution in [1.29, 1.82) is 0 Å². The smallest absolute Gasteiger partial charge is 0.296 e. The predicted molar refractivity (Wildman–Crippen MR) is 458 cm³/mol. The summed E-state index contributed by atoms with van der Waals surface area (Å²) in [5.74, 6) is -1.88. The Morgan fingerprint density at radius 3 is 1.31 bits per heavy atom. The van der Waals surface area contributed by atoms with Crippen molar-refractivity contribution >= 4 is 57.8 Å². The molecule has 0 saturated carbocycles. The van der Waals surface area contributed by atoms with Crippen LogP contribution < -0.4 is 64.0 Å². The molecule has 2 unspecified atom stereocenters. The highest BCUT2D eigenvalue weighted by molar-refractivity contribution is 5.97. The second kappa shape index (κ2) is 47.4. The van der Waals surface area contributed by atoms with E-state index in [2.05, 4.69) is 27.4 Å². The minimum Gasteiger partial charge on any atom is -0.493 e. The number of carbonyl (C=O) groups is 4. The summed E-state index contributed by atoms with van der Waals surface area (Å²) in [7, 11) is 3.13. The number of hydrogen-bond acceptors (Lipinski definition) is 30. The minimum absolute atomic E-state index is 0.0236. The number of nitro benzene ring substituents is 2. The van der Waals surface area contributed by atoms with Crippen molar-refractivity contribution in [2.24, 2.45) is 34.8 Å². The first-order valence-corrected chi connectivity index (χ1v) is 41.9. The van der Waals surface area contributed by atoms with Crippen molar-refractivity contribution in [1.82, 2.24) is 9.80 Å². The number of morpholine rings is 2. The van der Waals surface area contributed by atoms with Crippen LogP contribution in [0.5, 0.6) is 23.0 Å². The van der Waals surface area contributed by atoms with Crippen LogP contribution in [0.15, 0.2) is 133 Å². The topological polar surface area (TPSA) is 489 Å². The summed E-state index contributed by atoms with van der Waals surface area (Å²) in [6, 6.07) is 30.8. The van der Waals surface area contributed by atoms with Crippen molar-refractivity contribution in [3.8, 4) is 23.0 Å². The number of anilines is 4. The number of nitro groups is 2. The molecule has 672 valence electrons. The van der Waals surface area contributed by atoms with E-state index in [1.165, 1.54) is 25.3 Å². The van der Waals surface area contributed by atoms with Gasteiger partial charge in [0.25, 0.3) is 11.4 Å². The maximum atomic E-state index is 12.2. The lowest BCUT2D eigenvalue weighted by Crippen LogP contribution is -2.59. The number of nitrogen functional groups attached to an aromatic ring is 2. The van der Waals surface area contributed by atoms with E-state index in [-0.39, 0.29) is 121 Å². The lowest BCUT2D eigenvalue weighted by atomic mass is 9.89. The van der Waals surface area contributed by atoms with Crippen LogP contribution in [0, 0.1) is 32.1 Å². The number of primary amides is 4. The van der Waals surface area contributed by atoms with Gasteiger partial charge in [0.2, 0.25) is 23.6 Å². The summed E-state index contributed by atoms with van der Waals surface area (Å²) in [5.41, 5.74) is 38.9. The van der Waals surface area contributed by atoms with Crippen LogP contribution in [0.25, 0.3) is 0 Å². The number of rotatable bonds is 44. The number of nitrogens with one attached hydrogen (secondary N) is 2. The molecule has 0 radical (unpaired) electrons. The van der Waals surface area contributed by atoms with E-state index in [0.717, 1.165) is 87.7 Å². The lowest BCUT2D eigenvalue weighted by molar-refractivity contribution is -0.385. The fourth-order valence-electron chi connectivity index (χ4n) is 15.5. The quantitative estimate of drug-likeness (QED) is 0.00582. The largest absolute Gasteiger partial charge is 0.493 e. The van der Waals surface area contributed by atoms with Crippen molar-refractivity contribution < 1.29 is 105 Å². The van der Waals surface area contributed by atoms with Gasteiger partial charge in [0.05, 0.1) is 113 Å². The number of fused-ring (bicyclic) bond motifs is 2. The average molecular weight is 1730 g/mol. The predicted octanol–water partition coefficient (Wildman–Crippen LogP) is 8.71. The number of carbonyl (C=O) groups excluding carboxylic acids is 4. The highest BCUT2D eigenvalue weighted by Crippen LogP contribution is 2.43. The van der Waals surface area contributed by atoms with Gasteiger partial charge in [-0.1, -0.05) is 98.8 Å². The molecule has 6 aliphatic heterocycles. The van der Waals surface area contributed by atoms with E-state index >= 15 is 0 Å². The van der Waals surface area contributed by atoms with Crippen LogP contribution in [-0.4, -0.2) is 238 Å². The standard InChI is InChI=1S/C44H56N6O14.C44H60N6O10/c1-28-39-37(27-62-43(64-39)29-11-5-3-6-12-29)63-44(57-2)40(28)61-20-10-19-60-36-26-31(42(46)52)24-34(50(55)56)38(36)47-14-8-4-7-13-32-33(49(53)54)23-30(41(45)51)25-35(32)59-18-9-15-48-16-21-58-22-17-48;1-28-39-37(27-58-43(60-39)29-11-5-3-6-12-29)59-44(53-2)40(28)57-20-10-19-56-36-26-31(42(48)52)24-34(46)38(36)49-14-8-4-7-13-32-33(45)23-30(41(47)51)25-35(32)55-18-9-15-50-16-21-54-22-17-50/h3-6,8,11-12,23-26,28,37,39-40,43-44,47H,7,9-10,13-22,27H2,1-2H3,(H2,45,51)(H2,46,52);3-6,8,11-12,23-26,28,37,39-40,43-44,49H,7,9-10,13-22,27,45-46H2,1-2H3,(H2,47,51)(H2,48,52)/b2*8-4+/t2*28-,37+,39-,40+,43?,44-/m00/s1. The van der Waals surface area contributed by atoms with Gasteiger partial charge < -0.3 is 121 Å². The maximum absolute atomic E-state index is 12.2. The molecular formula is C88H116N12O24. The van der Waals surface area contributed by atoms with Crippen LogP contribution >= 0.6 is 0 Å². The first-order valence-electron chi connectivity index (χ1n) is 41.9. The summed E-state index contributed by atoms with van der Waals surface area (Å²) in [4.78, 5) is 76.0. The third-order valence-electron chi connectivity index (χ3n) is 22.0. The average Bonchev–Trinajstić information content (AvgIpc) is 0.780. The van der Waals surface area contributed by atoms with Crippen LogP contribution in [0.4, 0.5) is 34.1 Å². The van der Waals surface area contributed by atoms with Gasteiger partial charge in [0, 0.05) is 148 Å². The normalized spacial score (nSPS) is 22.8. The number of ether oxygens (including phenoxy) is 16. The molecule has 124 heavy (non-hydrogen) atoms. The van der Waals surface area contributed by atoms with Crippen molar-refractivity contribution in [3.05, 3.63) is 198 Å². The summed E-state index contributed by atoms with van der Waals surface area (Å²) in [6.45, 7) is 14.8. The number of allylic oxidation sites excluding steroid dienone is 2. The Morgan fingerprint density at radius 1 is 0.476 bits per heavy atom. The molecule has 4 amide bonds. The molecular weight excluding hydrogens is 1610 g/mol. The monoisotopic (exact) mass is 1720 g/mol. The molecule has 0 aromatic heterocycles. The SMILES string of the molecule is CO[C@H]1O[C@@H]2COC(c3ccccc3)O[C@H]2[C@H](C)[C@H]1OCCCOc1cc(C(N)=O)cc(N)c1NC/C=C/CCc1c(N)cc(C(N)=O)cc1OCCCN1CCOCC1.CO[C@H]1O[C@@H]2COC(c3ccccc3)O[C@H]2[C@H](C)[C@H]1OCCCOc1cc(C(N)=O)cc([N+](=O)[O-])c1NC/C=C/CCc1c(OCCCN2CCOCC2)cc(C(N)=O)cc1[N+](=O)[O-]. The van der Waals surface area contributed by atoms with E-state index in [1.54, 1.807) is 37.5 Å². The molecule has 6 saturated heterocycles. The van der Waals surface area contributed by atoms with Gasteiger partial charge in [-0.15, -0.1) is 0 Å². The van der Waals surface area contributed by atoms with Crippen LogP contribution in [0.2, 0.25) is 0 Å². The van der Waals surface area contributed by atoms with Crippen molar-refractivity contribution in [2.45, 2.75) is 127 Å². The molecule has 12 rings (SSSR count). The minimum atomic E-state index is -0.874. The van der Waals surface area contributed by atoms with Gasteiger partial charge in [-0.2, -0.15) is 0 Å². The molecule has 6 aliphatic rings. The van der Waals surface area contributed by atoms with E-state index in [1.807, 2.05) is 79.7 Å². The van der Waals surface area contributed by atoms with Crippen LogP contribution in [0.1, 0.15) is 129 Å². The molecule has 0 spiro atoms. The number of nitrogens with zero attached hydrogens (tertiary/aromatic N) is 4. The molecule has 0 aliphatic carbocycles. The Morgan fingerprint density at radius 2 is 0.863 bits per heavy atom. The Labute approximate surface area is 720 Å². The number of amides is 4. The van der Waals surface area contributed by atoms with Gasteiger partial charge in [-0.3, -0.25) is 49.2 Å². The fourth-order valence-corrected chi connectivity index (χ4v) is 15.5. The number of nitrogens with two attached hydrogens (primary N) is 6. The van der Waals surface area contributed by atoms with Gasteiger partial charge in [-0.05, 0) is 74.9 Å². The van der Waals surface area contributed by atoms with E-state index in [9.17, 15) is 39.4 Å². The fraction of sp³-hybridized carbons (Fsp3) is 0.500. The van der Waals surface area contributed by atoms with Crippen LogP contribution in [0.3, 0.4) is 0 Å². The molecule has 6 fully saturated rings. The Kier molecular flexibility index (Phi) is 36.0. The highest BCUT2D eigenvalue weighted by Gasteiger charge is 2.50. The highest BCUT2D eigenvalue weighted by atomic mass is 16.8. The zero-order valence-corrected chi connectivity index (χ0v) is 70.5. The van der Waals surface area contributed by atoms with E-state index in [4.69, 9.17) is 110 Å². The first kappa shape index (κ1) is 94.0. The number of methoxy groups -OCH3 is 2. The van der Waals surface area contributed by atoms with Crippen molar-refractivity contribution in [3.63, 3.8) is 0 Å². The molecule has 6 aromatic carbocycles. The zero-order valence-electron chi connectivity index (χ0n) is 70.5. The lowest BCUT2D eigenvalue weighted by Gasteiger charge is -2.48. The van der Waals surface area contributed by atoms with E-state index in [0.29, 0.717) is 124 Å². The third kappa shape index (κ3) is 26.2. The second-order valence-corrected chi connectivity index (χ2v) is 30.6. The van der Waals surface area contributed by atoms with E-state index < -0.39 is 70.4 Å². The molecule has 0 bridgehead atoms. The summed E-state index contributed by atoms with van der Waals surface area (Å²) < 4.78 is 96.1.